The molecule has 2 aromatic heterocycles. The number of rotatable bonds is 7. The summed E-state index contributed by atoms with van der Waals surface area (Å²) in [6, 6.07) is 16.2. The van der Waals surface area contributed by atoms with Gasteiger partial charge >= 0.3 is 0 Å². The first-order valence-electron chi connectivity index (χ1n) is 9.67. The zero-order chi connectivity index (χ0) is 20.1. The molecule has 1 aromatic carbocycles. The number of halogens is 1. The van der Waals surface area contributed by atoms with Crippen LogP contribution in [0.15, 0.2) is 73.2 Å². The molecule has 1 aliphatic heterocycles. The molecule has 1 aliphatic rings. The zero-order valence-electron chi connectivity index (χ0n) is 16.1. The van der Waals surface area contributed by atoms with Crippen LogP contribution < -0.4 is 5.32 Å². The highest BCUT2D eigenvalue weighted by Crippen LogP contribution is 2.36. The molecule has 1 amide bonds. The number of carbonyl (C=O) groups excluding carboxylic acids is 1. The number of amides is 1. The lowest BCUT2D eigenvalue weighted by atomic mass is 9.73. The summed E-state index contributed by atoms with van der Waals surface area (Å²) >= 11 is 0. The Kier molecular flexibility index (Phi) is 5.62. The third-order valence-corrected chi connectivity index (χ3v) is 5.33. The molecule has 0 radical (unpaired) electrons. The average molecular weight is 390 g/mol. The van der Waals surface area contributed by atoms with E-state index in [1.165, 1.54) is 6.07 Å². The van der Waals surface area contributed by atoms with Crippen molar-refractivity contribution in [1.29, 1.82) is 0 Å². The summed E-state index contributed by atoms with van der Waals surface area (Å²) in [5.74, 6) is -0.325. The summed E-state index contributed by atoms with van der Waals surface area (Å²) in [5, 5.41) is 3.01. The lowest BCUT2D eigenvalue weighted by Crippen LogP contribution is -2.63. The first kappa shape index (κ1) is 19.2. The van der Waals surface area contributed by atoms with Crippen LogP contribution in [0.2, 0.25) is 0 Å². The van der Waals surface area contributed by atoms with Crippen LogP contribution in [-0.4, -0.2) is 33.9 Å². The van der Waals surface area contributed by atoms with Crippen molar-refractivity contribution < 1.29 is 9.18 Å². The fourth-order valence-corrected chi connectivity index (χ4v) is 3.87. The summed E-state index contributed by atoms with van der Waals surface area (Å²) in [4.78, 5) is 23.6. The van der Waals surface area contributed by atoms with E-state index >= 15 is 0 Å². The third-order valence-electron chi connectivity index (χ3n) is 5.33. The van der Waals surface area contributed by atoms with Crippen LogP contribution >= 0.6 is 0 Å². The Balaban J connectivity index is 1.47. The standard InChI is InChI=1S/C23H23FN4O/c24-21-7-2-1-5-19(21)13-23(22(29)27-14-20-6-3-4-10-26-20)16-28(17-23)15-18-8-11-25-12-9-18/h1-12H,13-17H2,(H,27,29). The summed E-state index contributed by atoms with van der Waals surface area (Å²) in [7, 11) is 0. The first-order valence-corrected chi connectivity index (χ1v) is 9.67. The van der Waals surface area contributed by atoms with Crippen LogP contribution in [0.3, 0.4) is 0 Å². The fourth-order valence-electron chi connectivity index (χ4n) is 3.87. The summed E-state index contributed by atoms with van der Waals surface area (Å²) in [6.07, 6.45) is 5.61. The second-order valence-electron chi connectivity index (χ2n) is 7.55. The lowest BCUT2D eigenvalue weighted by molar-refractivity contribution is -0.142. The molecule has 5 nitrogen and oxygen atoms in total. The van der Waals surface area contributed by atoms with E-state index in [-0.39, 0.29) is 11.7 Å². The van der Waals surface area contributed by atoms with Gasteiger partial charge in [0.2, 0.25) is 5.91 Å². The highest BCUT2D eigenvalue weighted by Gasteiger charge is 2.49. The molecular formula is C23H23FN4O. The molecule has 6 heteroatoms. The molecule has 0 saturated carbocycles. The zero-order valence-corrected chi connectivity index (χ0v) is 16.1. The van der Waals surface area contributed by atoms with Crippen LogP contribution in [0.25, 0.3) is 0 Å². The van der Waals surface area contributed by atoms with Gasteiger partial charge in [-0.25, -0.2) is 4.39 Å². The summed E-state index contributed by atoms with van der Waals surface area (Å²) in [6.45, 7) is 2.27. The molecule has 0 unspecified atom stereocenters. The van der Waals surface area contributed by atoms with E-state index in [1.807, 2.05) is 36.4 Å². The first-order chi connectivity index (χ1) is 14.1. The van der Waals surface area contributed by atoms with Crippen molar-refractivity contribution in [3.05, 3.63) is 95.8 Å². The summed E-state index contributed by atoms with van der Waals surface area (Å²) < 4.78 is 14.3. The predicted octanol–water partition coefficient (Wildman–Crippen LogP) is 2.98. The lowest BCUT2D eigenvalue weighted by Gasteiger charge is -2.49. The van der Waals surface area contributed by atoms with Crippen molar-refractivity contribution in [1.82, 2.24) is 20.2 Å². The maximum atomic E-state index is 14.3. The largest absolute Gasteiger partial charge is 0.350 e. The minimum atomic E-state index is -0.649. The van der Waals surface area contributed by atoms with Gasteiger partial charge in [-0.15, -0.1) is 0 Å². The van der Waals surface area contributed by atoms with E-state index < -0.39 is 5.41 Å². The number of nitrogens with one attached hydrogen (secondary N) is 1. The van der Waals surface area contributed by atoms with Crippen molar-refractivity contribution in [2.24, 2.45) is 5.41 Å². The maximum absolute atomic E-state index is 14.3. The van der Waals surface area contributed by atoms with Gasteiger partial charge in [-0.05, 0) is 47.9 Å². The average Bonchev–Trinajstić information content (AvgIpc) is 2.73. The van der Waals surface area contributed by atoms with Gasteiger partial charge < -0.3 is 5.32 Å². The monoisotopic (exact) mass is 390 g/mol. The Morgan fingerprint density at radius 1 is 1.03 bits per heavy atom. The van der Waals surface area contributed by atoms with Gasteiger partial charge in [0.1, 0.15) is 5.82 Å². The second-order valence-corrected chi connectivity index (χ2v) is 7.55. The van der Waals surface area contributed by atoms with E-state index in [0.717, 1.165) is 17.8 Å². The molecule has 1 saturated heterocycles. The molecule has 1 fully saturated rings. The molecule has 0 aliphatic carbocycles. The number of benzene rings is 1. The Morgan fingerprint density at radius 2 is 1.79 bits per heavy atom. The number of hydrogen-bond donors (Lipinski definition) is 1. The fraction of sp³-hybridized carbons (Fsp3) is 0.261. The Morgan fingerprint density at radius 3 is 2.52 bits per heavy atom. The van der Waals surface area contributed by atoms with Crippen molar-refractivity contribution >= 4 is 5.91 Å². The van der Waals surface area contributed by atoms with Crippen molar-refractivity contribution in [3.63, 3.8) is 0 Å². The van der Waals surface area contributed by atoms with E-state index in [1.54, 1.807) is 30.7 Å². The molecule has 1 N–H and O–H groups in total. The van der Waals surface area contributed by atoms with Gasteiger partial charge in [0.15, 0.2) is 0 Å². The van der Waals surface area contributed by atoms with Gasteiger partial charge in [-0.1, -0.05) is 24.3 Å². The quantitative estimate of drug-likeness (QED) is 0.674. The van der Waals surface area contributed by atoms with Crippen LogP contribution in [0.5, 0.6) is 0 Å². The topological polar surface area (TPSA) is 58.1 Å². The molecule has 29 heavy (non-hydrogen) atoms. The van der Waals surface area contributed by atoms with Gasteiger partial charge in [-0.2, -0.15) is 0 Å². The van der Waals surface area contributed by atoms with Gasteiger partial charge in [0.05, 0.1) is 17.7 Å². The number of likely N-dealkylation sites (tertiary alicyclic amines) is 1. The van der Waals surface area contributed by atoms with E-state index in [9.17, 15) is 9.18 Å². The van der Waals surface area contributed by atoms with Crippen molar-refractivity contribution in [2.75, 3.05) is 13.1 Å². The normalized spacial score (nSPS) is 15.5. The SMILES string of the molecule is O=C(NCc1ccccn1)C1(Cc2ccccc2F)CN(Cc2ccncc2)C1. The van der Waals surface area contributed by atoms with Gasteiger partial charge in [0.25, 0.3) is 0 Å². The summed E-state index contributed by atoms with van der Waals surface area (Å²) in [5.41, 5.74) is 1.87. The number of nitrogens with zero attached hydrogens (tertiary/aromatic N) is 3. The number of pyridine rings is 2. The van der Waals surface area contributed by atoms with Gasteiger partial charge in [0, 0.05) is 38.2 Å². The Hall–Kier alpha value is -3.12. The van der Waals surface area contributed by atoms with Crippen molar-refractivity contribution in [2.45, 2.75) is 19.5 Å². The predicted molar refractivity (Wildman–Crippen MR) is 108 cm³/mol. The highest BCUT2D eigenvalue weighted by molar-refractivity contribution is 5.84. The van der Waals surface area contributed by atoms with E-state index in [4.69, 9.17) is 0 Å². The molecule has 3 aromatic rings. The molecule has 3 heterocycles. The molecule has 0 atom stereocenters. The van der Waals surface area contributed by atoms with Crippen LogP contribution in [-0.2, 0) is 24.3 Å². The van der Waals surface area contributed by atoms with E-state index in [2.05, 4.69) is 20.2 Å². The molecule has 4 rings (SSSR count). The van der Waals surface area contributed by atoms with E-state index in [0.29, 0.717) is 31.6 Å². The van der Waals surface area contributed by atoms with Gasteiger partial charge in [-0.3, -0.25) is 19.7 Å². The maximum Gasteiger partial charge on any atom is 0.229 e. The Bertz CT molecular complexity index is 959. The molecule has 0 bridgehead atoms. The second kappa shape index (κ2) is 8.49. The molecule has 148 valence electrons. The highest BCUT2D eigenvalue weighted by atomic mass is 19.1. The molecule has 0 spiro atoms. The smallest absolute Gasteiger partial charge is 0.229 e. The number of aromatic nitrogens is 2. The van der Waals surface area contributed by atoms with Crippen LogP contribution in [0.4, 0.5) is 4.39 Å². The Labute approximate surface area is 169 Å². The minimum absolute atomic E-state index is 0.0580. The number of hydrogen-bond acceptors (Lipinski definition) is 4. The minimum Gasteiger partial charge on any atom is -0.350 e. The molecular weight excluding hydrogens is 367 g/mol. The number of carbonyl (C=O) groups is 1. The van der Waals surface area contributed by atoms with Crippen LogP contribution in [0, 0.1) is 11.2 Å². The van der Waals surface area contributed by atoms with Crippen molar-refractivity contribution in [3.8, 4) is 0 Å². The third kappa shape index (κ3) is 4.49. The van der Waals surface area contributed by atoms with Crippen LogP contribution in [0.1, 0.15) is 16.8 Å².